The number of ether oxygens (including phenoxy) is 2. The summed E-state index contributed by atoms with van der Waals surface area (Å²) in [6.07, 6.45) is 7.66. The van der Waals surface area contributed by atoms with Gasteiger partial charge in [0.15, 0.2) is 0 Å². The van der Waals surface area contributed by atoms with E-state index in [4.69, 9.17) is 15.9 Å². The van der Waals surface area contributed by atoms with Crippen molar-refractivity contribution in [3.8, 4) is 12.3 Å². The van der Waals surface area contributed by atoms with Crippen LogP contribution in [0.2, 0.25) is 0 Å². The van der Waals surface area contributed by atoms with Crippen LogP contribution in [-0.2, 0) is 19.1 Å². The van der Waals surface area contributed by atoms with Crippen molar-refractivity contribution >= 4 is 18.0 Å². The number of rotatable bonds is 12. The Morgan fingerprint density at radius 2 is 1.48 bits per heavy atom. The van der Waals surface area contributed by atoms with Gasteiger partial charge in [0.2, 0.25) is 5.91 Å². The second-order valence-electron chi connectivity index (χ2n) is 7.88. The minimum atomic E-state index is -0.771. The van der Waals surface area contributed by atoms with Crippen molar-refractivity contribution in [3.05, 3.63) is 0 Å². The molecule has 0 rings (SSSR count). The molecule has 29 heavy (non-hydrogen) atoms. The van der Waals surface area contributed by atoms with Crippen LogP contribution in [0.15, 0.2) is 0 Å². The highest BCUT2D eigenvalue weighted by molar-refractivity contribution is 5.89. The molecule has 0 heterocycles. The van der Waals surface area contributed by atoms with Gasteiger partial charge in [-0.3, -0.25) is 9.69 Å². The summed E-state index contributed by atoms with van der Waals surface area (Å²) in [5.41, 5.74) is 0. The number of carbonyl (C=O) groups excluding carboxylic acids is 3. The first-order chi connectivity index (χ1) is 13.6. The molecule has 0 aromatic carbocycles. The molecule has 166 valence electrons. The number of likely N-dealkylation sites (N-methyl/N-ethyl adjacent to an activating group) is 2. The summed E-state index contributed by atoms with van der Waals surface area (Å²) in [6.45, 7) is 9.92. The predicted molar refractivity (Wildman–Crippen MR) is 113 cm³/mol. The van der Waals surface area contributed by atoms with E-state index in [-0.39, 0.29) is 24.3 Å². The molecule has 0 radical (unpaired) electrons. The van der Waals surface area contributed by atoms with Crippen LogP contribution in [-0.4, -0.2) is 67.2 Å². The third kappa shape index (κ3) is 8.76. The second kappa shape index (κ2) is 13.9. The average Bonchev–Trinajstić information content (AvgIpc) is 2.64. The van der Waals surface area contributed by atoms with Crippen molar-refractivity contribution in [3.63, 3.8) is 0 Å². The van der Waals surface area contributed by atoms with E-state index in [0.717, 1.165) is 19.3 Å². The van der Waals surface area contributed by atoms with Crippen LogP contribution in [0.4, 0.5) is 4.79 Å². The van der Waals surface area contributed by atoms with Gasteiger partial charge in [0.05, 0.1) is 6.61 Å². The van der Waals surface area contributed by atoms with Gasteiger partial charge in [-0.15, -0.1) is 12.3 Å². The van der Waals surface area contributed by atoms with Crippen molar-refractivity contribution in [2.45, 2.75) is 72.4 Å². The number of amides is 2. The molecule has 0 fully saturated rings. The lowest BCUT2D eigenvalue weighted by Gasteiger charge is -2.36. The summed E-state index contributed by atoms with van der Waals surface area (Å²) in [5.74, 6) is 1.33. The van der Waals surface area contributed by atoms with Crippen molar-refractivity contribution in [2.24, 2.45) is 11.8 Å². The number of carbonyl (C=O) groups is 3. The highest BCUT2D eigenvalue weighted by atomic mass is 16.6. The van der Waals surface area contributed by atoms with Gasteiger partial charge in [-0.1, -0.05) is 47.5 Å². The van der Waals surface area contributed by atoms with Gasteiger partial charge in [0.1, 0.15) is 18.7 Å². The van der Waals surface area contributed by atoms with Crippen LogP contribution < -0.4 is 0 Å². The first-order valence-electron chi connectivity index (χ1n) is 10.4. The molecular formula is C22H38N2O5. The fourth-order valence-electron chi connectivity index (χ4n) is 3.14. The summed E-state index contributed by atoms with van der Waals surface area (Å²) in [4.78, 5) is 40.8. The van der Waals surface area contributed by atoms with Crippen LogP contribution in [0.25, 0.3) is 0 Å². The topological polar surface area (TPSA) is 76.2 Å². The fraction of sp³-hybridized carbons (Fsp3) is 0.773. The molecule has 2 amide bonds. The maximum Gasteiger partial charge on any atom is 0.410 e. The van der Waals surface area contributed by atoms with E-state index in [1.165, 1.54) is 16.8 Å². The van der Waals surface area contributed by atoms with E-state index < -0.39 is 24.1 Å². The monoisotopic (exact) mass is 410 g/mol. The molecule has 0 N–H and O–H groups in total. The third-order valence-corrected chi connectivity index (χ3v) is 4.69. The van der Waals surface area contributed by atoms with Crippen molar-refractivity contribution in [2.75, 3.05) is 27.3 Å². The Morgan fingerprint density at radius 1 is 0.897 bits per heavy atom. The molecule has 7 nitrogen and oxygen atoms in total. The predicted octanol–water partition coefficient (Wildman–Crippen LogP) is 3.32. The number of hydrogen-bond donors (Lipinski definition) is 0. The Labute approximate surface area is 176 Å². The normalized spacial score (nSPS) is 12.8. The van der Waals surface area contributed by atoms with E-state index in [2.05, 4.69) is 12.8 Å². The number of esters is 1. The Balaban J connectivity index is 5.30. The molecule has 2 atom stereocenters. The molecular weight excluding hydrogens is 372 g/mol. The lowest BCUT2D eigenvalue weighted by Crippen LogP contribution is -2.56. The summed E-state index contributed by atoms with van der Waals surface area (Å²) >= 11 is 0. The smallest absolute Gasteiger partial charge is 0.410 e. The van der Waals surface area contributed by atoms with Crippen molar-refractivity contribution < 1.29 is 23.9 Å². The SMILES string of the molecule is C#CCCOC(=O)N(C)C(C(=O)N(C)C(C(=O)OCCCCC)C(C)C)C(C)C. The minimum Gasteiger partial charge on any atom is -0.464 e. The van der Waals surface area contributed by atoms with E-state index in [9.17, 15) is 14.4 Å². The highest BCUT2D eigenvalue weighted by Crippen LogP contribution is 2.19. The van der Waals surface area contributed by atoms with E-state index in [1.807, 2.05) is 27.7 Å². The molecule has 7 heteroatoms. The molecule has 2 unspecified atom stereocenters. The minimum absolute atomic E-state index is 0.0905. The Bertz CT molecular complexity index is 568. The fourth-order valence-corrected chi connectivity index (χ4v) is 3.14. The van der Waals surface area contributed by atoms with E-state index in [1.54, 1.807) is 7.05 Å². The lowest BCUT2D eigenvalue weighted by atomic mass is 9.98. The average molecular weight is 411 g/mol. The zero-order valence-corrected chi connectivity index (χ0v) is 19.1. The molecule has 0 saturated heterocycles. The first-order valence-corrected chi connectivity index (χ1v) is 10.4. The number of unbranched alkanes of at least 4 members (excludes halogenated alkanes) is 2. The van der Waals surface area contributed by atoms with Gasteiger partial charge in [-0.05, 0) is 18.3 Å². The third-order valence-electron chi connectivity index (χ3n) is 4.69. The first kappa shape index (κ1) is 26.8. The highest BCUT2D eigenvalue weighted by Gasteiger charge is 2.38. The zero-order chi connectivity index (χ0) is 22.6. The summed E-state index contributed by atoms with van der Waals surface area (Å²) in [6, 6.07) is -1.50. The molecule has 0 aromatic rings. The van der Waals surface area contributed by atoms with Crippen molar-refractivity contribution in [1.29, 1.82) is 0 Å². The molecule has 0 aliphatic carbocycles. The molecule has 0 aliphatic heterocycles. The van der Waals surface area contributed by atoms with Gasteiger partial charge < -0.3 is 14.4 Å². The summed E-state index contributed by atoms with van der Waals surface area (Å²) in [5, 5.41) is 0. The van der Waals surface area contributed by atoms with Crippen LogP contribution in [0.1, 0.15) is 60.3 Å². The van der Waals surface area contributed by atoms with E-state index in [0.29, 0.717) is 13.0 Å². The van der Waals surface area contributed by atoms with Gasteiger partial charge in [-0.25, -0.2) is 9.59 Å². The van der Waals surface area contributed by atoms with Crippen molar-refractivity contribution in [1.82, 2.24) is 9.80 Å². The van der Waals surface area contributed by atoms with Gasteiger partial charge in [0, 0.05) is 20.5 Å². The molecule has 0 saturated carbocycles. The standard InChI is InChI=1S/C22H38N2O5/c1-9-11-13-15-28-21(26)19(17(5)6)23(7)20(25)18(16(3)4)24(8)22(27)29-14-12-10-2/h2,16-19H,9,11-15H2,1,3-8H3. The molecule has 0 aromatic heterocycles. The van der Waals surface area contributed by atoms with Gasteiger partial charge in [-0.2, -0.15) is 0 Å². The Morgan fingerprint density at radius 3 is 1.97 bits per heavy atom. The van der Waals surface area contributed by atoms with Gasteiger partial charge >= 0.3 is 12.1 Å². The molecule has 0 aliphatic rings. The van der Waals surface area contributed by atoms with Crippen LogP contribution in [0, 0.1) is 24.2 Å². The zero-order valence-electron chi connectivity index (χ0n) is 19.1. The number of nitrogens with zero attached hydrogens (tertiary/aromatic N) is 2. The largest absolute Gasteiger partial charge is 0.464 e. The lowest BCUT2D eigenvalue weighted by molar-refractivity contribution is -0.158. The van der Waals surface area contributed by atoms with Crippen LogP contribution >= 0.6 is 0 Å². The van der Waals surface area contributed by atoms with E-state index >= 15 is 0 Å². The summed E-state index contributed by atoms with van der Waals surface area (Å²) < 4.78 is 10.5. The Kier molecular flexibility index (Phi) is 12.8. The Hall–Kier alpha value is -2.23. The molecule has 0 bridgehead atoms. The number of hydrogen-bond acceptors (Lipinski definition) is 5. The number of terminal acetylenes is 1. The van der Waals surface area contributed by atoms with Gasteiger partial charge in [0.25, 0.3) is 0 Å². The second-order valence-corrected chi connectivity index (χ2v) is 7.88. The summed E-state index contributed by atoms with van der Waals surface area (Å²) in [7, 11) is 3.09. The maximum atomic E-state index is 13.2. The molecule has 0 spiro atoms. The maximum absolute atomic E-state index is 13.2. The van der Waals surface area contributed by atoms with Crippen LogP contribution in [0.3, 0.4) is 0 Å². The van der Waals surface area contributed by atoms with Crippen LogP contribution in [0.5, 0.6) is 0 Å². The quantitative estimate of drug-likeness (QED) is 0.280.